The molecule has 84 valence electrons. The summed E-state index contributed by atoms with van der Waals surface area (Å²) >= 11 is 0. The van der Waals surface area contributed by atoms with Gasteiger partial charge in [0.2, 0.25) is 0 Å². The Labute approximate surface area is 94.7 Å². The smallest absolute Gasteiger partial charge is 0.142 e. The Morgan fingerprint density at radius 2 is 2.12 bits per heavy atom. The Morgan fingerprint density at radius 1 is 1.38 bits per heavy atom. The van der Waals surface area contributed by atoms with E-state index in [1.807, 2.05) is 35.8 Å². The van der Waals surface area contributed by atoms with E-state index in [-0.39, 0.29) is 6.04 Å². The summed E-state index contributed by atoms with van der Waals surface area (Å²) in [6.07, 6.45) is 3.52. The predicted octanol–water partition coefficient (Wildman–Crippen LogP) is 1.90. The average Bonchev–Trinajstić information content (AvgIpc) is 2.77. The summed E-state index contributed by atoms with van der Waals surface area (Å²) in [5.74, 6) is 0.808. The summed E-state index contributed by atoms with van der Waals surface area (Å²) in [7, 11) is 1.65. The van der Waals surface area contributed by atoms with Crippen LogP contribution in [0, 0.1) is 0 Å². The highest BCUT2D eigenvalue weighted by molar-refractivity contribution is 5.47. The van der Waals surface area contributed by atoms with Crippen LogP contribution in [0.5, 0.6) is 5.75 Å². The van der Waals surface area contributed by atoms with Crippen LogP contribution in [0.3, 0.4) is 0 Å². The molecule has 1 aromatic carbocycles. The van der Waals surface area contributed by atoms with Gasteiger partial charge in [-0.05, 0) is 19.1 Å². The Bertz CT molecular complexity index is 477. The minimum absolute atomic E-state index is 0.0626. The first-order valence-electron chi connectivity index (χ1n) is 5.15. The number of hydrogen-bond donors (Lipinski definition) is 1. The summed E-state index contributed by atoms with van der Waals surface area (Å²) in [6.45, 7) is 1.93. The number of ether oxygens (including phenoxy) is 1. The molecule has 1 aromatic heterocycles. The van der Waals surface area contributed by atoms with Gasteiger partial charge in [-0.25, -0.2) is 4.98 Å². The monoisotopic (exact) mass is 217 g/mol. The lowest BCUT2D eigenvalue weighted by atomic mass is 10.2. The van der Waals surface area contributed by atoms with E-state index in [0.717, 1.165) is 17.1 Å². The second-order valence-corrected chi connectivity index (χ2v) is 3.65. The first-order chi connectivity index (χ1) is 7.74. The molecule has 0 saturated heterocycles. The van der Waals surface area contributed by atoms with Crippen LogP contribution in [-0.2, 0) is 0 Å². The van der Waals surface area contributed by atoms with E-state index in [0.29, 0.717) is 0 Å². The van der Waals surface area contributed by atoms with Crippen LogP contribution in [0.2, 0.25) is 0 Å². The first-order valence-corrected chi connectivity index (χ1v) is 5.15. The molecule has 4 heteroatoms. The third kappa shape index (κ3) is 1.79. The zero-order chi connectivity index (χ0) is 11.5. The molecule has 0 radical (unpaired) electrons. The molecule has 1 heterocycles. The lowest BCUT2D eigenvalue weighted by Crippen LogP contribution is -2.11. The number of aromatic nitrogens is 2. The van der Waals surface area contributed by atoms with E-state index in [2.05, 4.69) is 4.98 Å². The molecule has 0 aliphatic carbocycles. The number of nitrogens with zero attached hydrogens (tertiary/aromatic N) is 2. The van der Waals surface area contributed by atoms with Gasteiger partial charge in [-0.15, -0.1) is 0 Å². The maximum absolute atomic E-state index is 5.89. The SMILES string of the molecule is COc1ccccc1-n1cncc1[C@@H](C)N. The second-order valence-electron chi connectivity index (χ2n) is 3.65. The fraction of sp³-hybridized carbons (Fsp3) is 0.250. The Morgan fingerprint density at radius 3 is 2.81 bits per heavy atom. The Balaban J connectivity index is 2.54. The molecular weight excluding hydrogens is 202 g/mol. The van der Waals surface area contributed by atoms with Crippen LogP contribution in [-0.4, -0.2) is 16.7 Å². The van der Waals surface area contributed by atoms with Crippen molar-refractivity contribution < 1.29 is 4.74 Å². The zero-order valence-corrected chi connectivity index (χ0v) is 9.42. The molecule has 0 amide bonds. The van der Waals surface area contributed by atoms with E-state index in [1.54, 1.807) is 19.6 Å². The molecule has 1 atom stereocenters. The van der Waals surface area contributed by atoms with Crippen LogP contribution in [0.25, 0.3) is 5.69 Å². The van der Waals surface area contributed by atoms with Crippen LogP contribution >= 0.6 is 0 Å². The van der Waals surface area contributed by atoms with Gasteiger partial charge in [0.25, 0.3) is 0 Å². The van der Waals surface area contributed by atoms with Crippen molar-refractivity contribution in [3.8, 4) is 11.4 Å². The molecule has 2 N–H and O–H groups in total. The van der Waals surface area contributed by atoms with Crippen molar-refractivity contribution in [3.63, 3.8) is 0 Å². The summed E-state index contributed by atoms with van der Waals surface area (Å²) in [5.41, 5.74) is 7.80. The van der Waals surface area contributed by atoms with Crippen LogP contribution < -0.4 is 10.5 Å². The fourth-order valence-electron chi connectivity index (χ4n) is 1.67. The molecular formula is C12H15N3O. The van der Waals surface area contributed by atoms with E-state index in [9.17, 15) is 0 Å². The lowest BCUT2D eigenvalue weighted by molar-refractivity contribution is 0.412. The number of para-hydroxylation sites is 2. The van der Waals surface area contributed by atoms with Crippen molar-refractivity contribution >= 4 is 0 Å². The van der Waals surface area contributed by atoms with Crippen LogP contribution in [0.4, 0.5) is 0 Å². The third-order valence-corrected chi connectivity index (χ3v) is 2.48. The van der Waals surface area contributed by atoms with Crippen LogP contribution in [0.15, 0.2) is 36.8 Å². The highest BCUT2D eigenvalue weighted by Gasteiger charge is 2.11. The van der Waals surface area contributed by atoms with Crippen molar-refractivity contribution in [1.82, 2.24) is 9.55 Å². The number of benzene rings is 1. The van der Waals surface area contributed by atoms with Gasteiger partial charge in [-0.3, -0.25) is 4.57 Å². The summed E-state index contributed by atoms with van der Waals surface area (Å²) in [6, 6.07) is 7.73. The number of methoxy groups -OCH3 is 1. The summed E-state index contributed by atoms with van der Waals surface area (Å²) in [5, 5.41) is 0. The lowest BCUT2D eigenvalue weighted by Gasteiger charge is -2.13. The third-order valence-electron chi connectivity index (χ3n) is 2.48. The molecule has 0 bridgehead atoms. The fourth-order valence-corrected chi connectivity index (χ4v) is 1.67. The zero-order valence-electron chi connectivity index (χ0n) is 9.42. The number of imidazole rings is 1. The van der Waals surface area contributed by atoms with Crippen molar-refractivity contribution in [1.29, 1.82) is 0 Å². The summed E-state index contributed by atoms with van der Waals surface area (Å²) < 4.78 is 7.26. The first kappa shape index (κ1) is 10.7. The van der Waals surface area contributed by atoms with E-state index < -0.39 is 0 Å². The largest absolute Gasteiger partial charge is 0.495 e. The number of rotatable bonds is 3. The van der Waals surface area contributed by atoms with Gasteiger partial charge in [0.15, 0.2) is 0 Å². The molecule has 0 fully saturated rings. The van der Waals surface area contributed by atoms with Gasteiger partial charge in [-0.2, -0.15) is 0 Å². The average molecular weight is 217 g/mol. The van der Waals surface area contributed by atoms with Gasteiger partial charge in [-0.1, -0.05) is 12.1 Å². The Hall–Kier alpha value is -1.81. The molecule has 0 spiro atoms. The normalized spacial score (nSPS) is 12.4. The molecule has 0 aliphatic heterocycles. The number of hydrogen-bond acceptors (Lipinski definition) is 3. The van der Waals surface area contributed by atoms with Crippen LogP contribution in [0.1, 0.15) is 18.7 Å². The van der Waals surface area contributed by atoms with Gasteiger partial charge < -0.3 is 10.5 Å². The van der Waals surface area contributed by atoms with Gasteiger partial charge >= 0.3 is 0 Å². The molecule has 0 saturated carbocycles. The topological polar surface area (TPSA) is 53.1 Å². The molecule has 0 unspecified atom stereocenters. The van der Waals surface area contributed by atoms with E-state index >= 15 is 0 Å². The van der Waals surface area contributed by atoms with E-state index in [4.69, 9.17) is 10.5 Å². The number of nitrogens with two attached hydrogens (primary N) is 1. The maximum Gasteiger partial charge on any atom is 0.142 e. The van der Waals surface area contributed by atoms with Gasteiger partial charge in [0.1, 0.15) is 5.75 Å². The van der Waals surface area contributed by atoms with Crippen molar-refractivity contribution in [3.05, 3.63) is 42.5 Å². The molecule has 2 aromatic rings. The quantitative estimate of drug-likeness (QED) is 0.854. The summed E-state index contributed by atoms with van der Waals surface area (Å²) in [4.78, 5) is 4.12. The molecule has 16 heavy (non-hydrogen) atoms. The second kappa shape index (κ2) is 4.37. The minimum atomic E-state index is -0.0626. The van der Waals surface area contributed by atoms with Crippen molar-refractivity contribution in [2.45, 2.75) is 13.0 Å². The predicted molar refractivity (Wildman–Crippen MR) is 62.7 cm³/mol. The molecule has 0 aliphatic rings. The highest BCUT2D eigenvalue weighted by Crippen LogP contribution is 2.24. The minimum Gasteiger partial charge on any atom is -0.495 e. The van der Waals surface area contributed by atoms with E-state index in [1.165, 1.54) is 0 Å². The maximum atomic E-state index is 5.89. The van der Waals surface area contributed by atoms with Gasteiger partial charge in [0.05, 0.1) is 31.0 Å². The van der Waals surface area contributed by atoms with Crippen molar-refractivity contribution in [2.24, 2.45) is 5.73 Å². The highest BCUT2D eigenvalue weighted by atomic mass is 16.5. The molecule has 2 rings (SSSR count). The molecule has 4 nitrogen and oxygen atoms in total. The van der Waals surface area contributed by atoms with Crippen molar-refractivity contribution in [2.75, 3.05) is 7.11 Å². The Kier molecular flexibility index (Phi) is 2.92. The standard InChI is InChI=1S/C12H15N3O/c1-9(13)11-7-14-8-15(11)10-5-3-4-6-12(10)16-2/h3-9H,13H2,1-2H3/t9-/m1/s1. The van der Waals surface area contributed by atoms with Gasteiger partial charge in [0, 0.05) is 6.04 Å².